The lowest BCUT2D eigenvalue weighted by molar-refractivity contribution is -0.147. The van der Waals surface area contributed by atoms with Crippen molar-refractivity contribution in [2.75, 3.05) is 13.1 Å². The molecular formula is C11H18N2O2. The van der Waals surface area contributed by atoms with E-state index in [4.69, 9.17) is 0 Å². The molecule has 0 bridgehead atoms. The van der Waals surface area contributed by atoms with Crippen molar-refractivity contribution in [1.29, 1.82) is 0 Å². The first-order valence-corrected chi connectivity index (χ1v) is 5.66. The number of nitrogens with zero attached hydrogens (tertiary/aromatic N) is 1. The number of hydrogen-bond acceptors (Lipinski definition) is 2. The highest BCUT2D eigenvalue weighted by Crippen LogP contribution is 2.31. The van der Waals surface area contributed by atoms with Crippen molar-refractivity contribution in [3.63, 3.8) is 0 Å². The zero-order chi connectivity index (χ0) is 11.0. The van der Waals surface area contributed by atoms with Crippen LogP contribution in [0.3, 0.4) is 0 Å². The Kier molecular flexibility index (Phi) is 2.67. The van der Waals surface area contributed by atoms with Crippen molar-refractivity contribution in [3.05, 3.63) is 0 Å². The normalized spacial score (nSPS) is 27.1. The molecule has 15 heavy (non-hydrogen) atoms. The predicted molar refractivity (Wildman–Crippen MR) is 56.1 cm³/mol. The molecule has 2 amide bonds. The molecule has 2 rings (SSSR count). The highest BCUT2D eigenvalue weighted by molar-refractivity contribution is 5.95. The molecule has 0 aromatic carbocycles. The van der Waals surface area contributed by atoms with Gasteiger partial charge in [-0.15, -0.1) is 0 Å². The van der Waals surface area contributed by atoms with Gasteiger partial charge in [0.25, 0.3) is 0 Å². The molecule has 1 atom stereocenters. The van der Waals surface area contributed by atoms with Gasteiger partial charge in [-0.05, 0) is 24.7 Å². The first kappa shape index (κ1) is 10.5. The van der Waals surface area contributed by atoms with Crippen molar-refractivity contribution in [1.82, 2.24) is 10.2 Å². The number of carbonyl (C=O) groups is 2. The summed E-state index contributed by atoms with van der Waals surface area (Å²) in [6.45, 7) is 4.93. The second-order valence-corrected chi connectivity index (χ2v) is 4.90. The van der Waals surface area contributed by atoms with Gasteiger partial charge < -0.3 is 10.2 Å². The molecule has 1 aliphatic carbocycles. The molecule has 0 aromatic heterocycles. The molecule has 0 spiro atoms. The van der Waals surface area contributed by atoms with Crippen molar-refractivity contribution < 1.29 is 9.59 Å². The van der Waals surface area contributed by atoms with Crippen LogP contribution in [0.4, 0.5) is 0 Å². The summed E-state index contributed by atoms with van der Waals surface area (Å²) < 4.78 is 0. The number of rotatable bonds is 3. The van der Waals surface area contributed by atoms with Crippen LogP contribution < -0.4 is 5.32 Å². The van der Waals surface area contributed by atoms with E-state index in [1.54, 1.807) is 4.90 Å². The molecule has 84 valence electrons. The van der Waals surface area contributed by atoms with Crippen LogP contribution in [0.5, 0.6) is 0 Å². The molecule has 1 aliphatic heterocycles. The molecule has 2 fully saturated rings. The van der Waals surface area contributed by atoms with E-state index in [0.29, 0.717) is 5.92 Å². The molecule has 1 saturated carbocycles. The van der Waals surface area contributed by atoms with Crippen molar-refractivity contribution in [2.45, 2.75) is 32.7 Å². The maximum atomic E-state index is 11.7. The highest BCUT2D eigenvalue weighted by atomic mass is 16.2. The first-order chi connectivity index (χ1) is 7.09. The molecule has 4 heteroatoms. The van der Waals surface area contributed by atoms with Crippen molar-refractivity contribution in [3.8, 4) is 0 Å². The zero-order valence-corrected chi connectivity index (χ0v) is 9.32. The summed E-state index contributed by atoms with van der Waals surface area (Å²) in [7, 11) is 0. The third-order valence-corrected chi connectivity index (χ3v) is 3.12. The Hall–Kier alpha value is -1.06. The average molecular weight is 210 g/mol. The van der Waals surface area contributed by atoms with Gasteiger partial charge in [0, 0.05) is 6.54 Å². The Morgan fingerprint density at radius 1 is 1.40 bits per heavy atom. The minimum absolute atomic E-state index is 0.00486. The number of carbonyl (C=O) groups excluding carboxylic acids is 2. The minimum atomic E-state index is -0.258. The molecular weight excluding hydrogens is 192 g/mol. The van der Waals surface area contributed by atoms with Gasteiger partial charge in [-0.2, -0.15) is 0 Å². The average Bonchev–Trinajstić information content (AvgIpc) is 2.94. The zero-order valence-electron chi connectivity index (χ0n) is 9.32. The predicted octanol–water partition coefficient (Wildman–Crippen LogP) is 0.379. The quantitative estimate of drug-likeness (QED) is 0.732. The number of piperazine rings is 1. The van der Waals surface area contributed by atoms with Crippen LogP contribution in [0.1, 0.15) is 26.7 Å². The molecule has 1 N–H and O–H groups in total. The fraction of sp³-hybridized carbons (Fsp3) is 0.818. The largest absolute Gasteiger partial charge is 0.345 e. The van der Waals surface area contributed by atoms with Gasteiger partial charge in [-0.3, -0.25) is 9.59 Å². The molecule has 0 radical (unpaired) electrons. The van der Waals surface area contributed by atoms with Crippen LogP contribution in [-0.4, -0.2) is 35.8 Å². The summed E-state index contributed by atoms with van der Waals surface area (Å²) >= 11 is 0. The smallest absolute Gasteiger partial charge is 0.243 e. The standard InChI is InChI=1S/C11H18N2O2/c1-7(2)10-11(15)12-5-9(14)13(10)6-8-3-4-8/h7-8,10H,3-6H2,1-2H3,(H,12,15). The van der Waals surface area contributed by atoms with E-state index in [0.717, 1.165) is 6.54 Å². The second kappa shape index (κ2) is 3.83. The van der Waals surface area contributed by atoms with Gasteiger partial charge in [0.05, 0.1) is 6.54 Å². The lowest BCUT2D eigenvalue weighted by atomic mass is 9.99. The van der Waals surface area contributed by atoms with Crippen LogP contribution >= 0.6 is 0 Å². The van der Waals surface area contributed by atoms with Gasteiger partial charge in [-0.1, -0.05) is 13.8 Å². The Balaban J connectivity index is 2.10. The maximum Gasteiger partial charge on any atom is 0.243 e. The summed E-state index contributed by atoms with van der Waals surface area (Å²) in [4.78, 5) is 25.2. The fourth-order valence-corrected chi connectivity index (χ4v) is 2.12. The van der Waals surface area contributed by atoms with Crippen LogP contribution in [0, 0.1) is 11.8 Å². The Morgan fingerprint density at radius 3 is 2.60 bits per heavy atom. The van der Waals surface area contributed by atoms with Crippen molar-refractivity contribution in [2.24, 2.45) is 11.8 Å². The number of hydrogen-bond donors (Lipinski definition) is 1. The van der Waals surface area contributed by atoms with Crippen LogP contribution in [-0.2, 0) is 9.59 Å². The van der Waals surface area contributed by atoms with Gasteiger partial charge >= 0.3 is 0 Å². The van der Waals surface area contributed by atoms with E-state index >= 15 is 0 Å². The van der Waals surface area contributed by atoms with E-state index in [-0.39, 0.29) is 30.3 Å². The molecule has 1 saturated heterocycles. The highest BCUT2D eigenvalue weighted by Gasteiger charge is 2.39. The molecule has 2 aliphatic rings. The van der Waals surface area contributed by atoms with E-state index < -0.39 is 0 Å². The number of amides is 2. The lowest BCUT2D eigenvalue weighted by Crippen LogP contribution is -2.60. The van der Waals surface area contributed by atoms with Gasteiger partial charge in [0.1, 0.15) is 6.04 Å². The number of nitrogens with one attached hydrogen (secondary N) is 1. The van der Waals surface area contributed by atoms with Gasteiger partial charge in [0.2, 0.25) is 11.8 Å². The summed E-state index contributed by atoms with van der Waals surface area (Å²) in [5.41, 5.74) is 0. The maximum absolute atomic E-state index is 11.7. The Bertz CT molecular complexity index is 284. The lowest BCUT2D eigenvalue weighted by Gasteiger charge is -2.37. The van der Waals surface area contributed by atoms with E-state index in [1.807, 2.05) is 13.8 Å². The summed E-state index contributed by atoms with van der Waals surface area (Å²) in [6.07, 6.45) is 2.41. The van der Waals surface area contributed by atoms with Gasteiger partial charge in [-0.25, -0.2) is 0 Å². The third kappa shape index (κ3) is 2.13. The Morgan fingerprint density at radius 2 is 2.07 bits per heavy atom. The fourth-order valence-electron chi connectivity index (χ4n) is 2.12. The Labute approximate surface area is 90.0 Å². The summed E-state index contributed by atoms with van der Waals surface area (Å²) in [5, 5.41) is 2.66. The topological polar surface area (TPSA) is 49.4 Å². The monoisotopic (exact) mass is 210 g/mol. The van der Waals surface area contributed by atoms with Gasteiger partial charge in [0.15, 0.2) is 0 Å². The summed E-state index contributed by atoms with van der Waals surface area (Å²) in [5.74, 6) is 0.902. The van der Waals surface area contributed by atoms with Crippen molar-refractivity contribution >= 4 is 11.8 Å². The molecule has 1 heterocycles. The summed E-state index contributed by atoms with van der Waals surface area (Å²) in [6, 6.07) is -0.258. The van der Waals surface area contributed by atoms with E-state index in [2.05, 4.69) is 5.32 Å². The van der Waals surface area contributed by atoms with Crippen LogP contribution in [0.15, 0.2) is 0 Å². The van der Waals surface area contributed by atoms with E-state index in [9.17, 15) is 9.59 Å². The third-order valence-electron chi connectivity index (χ3n) is 3.12. The van der Waals surface area contributed by atoms with Crippen LogP contribution in [0.25, 0.3) is 0 Å². The molecule has 0 aromatic rings. The van der Waals surface area contributed by atoms with Crippen LogP contribution in [0.2, 0.25) is 0 Å². The van der Waals surface area contributed by atoms with E-state index in [1.165, 1.54) is 12.8 Å². The molecule has 1 unspecified atom stereocenters. The first-order valence-electron chi connectivity index (χ1n) is 5.66. The minimum Gasteiger partial charge on any atom is -0.345 e. The second-order valence-electron chi connectivity index (χ2n) is 4.90. The molecule has 4 nitrogen and oxygen atoms in total. The SMILES string of the molecule is CC(C)C1C(=O)NCC(=O)N1CC1CC1.